The van der Waals surface area contributed by atoms with Gasteiger partial charge >= 0.3 is 0 Å². The highest BCUT2D eigenvalue weighted by Gasteiger charge is 2.24. The summed E-state index contributed by atoms with van der Waals surface area (Å²) in [5.74, 6) is 0.238. The van der Waals surface area contributed by atoms with E-state index in [0.717, 1.165) is 0 Å². The number of nitrogens with two attached hydrogens (primary N) is 1. The number of benzene rings is 1. The molecule has 1 amide bonds. The van der Waals surface area contributed by atoms with Crippen LogP contribution >= 0.6 is 11.6 Å². The topological polar surface area (TPSA) is 112 Å². The van der Waals surface area contributed by atoms with Crippen molar-refractivity contribution in [3.63, 3.8) is 0 Å². The molecule has 0 saturated heterocycles. The van der Waals surface area contributed by atoms with Crippen LogP contribution in [0.15, 0.2) is 42.9 Å². The summed E-state index contributed by atoms with van der Waals surface area (Å²) in [4.78, 5) is 17.5. The fourth-order valence-electron chi connectivity index (χ4n) is 3.45. The van der Waals surface area contributed by atoms with Crippen LogP contribution in [0.3, 0.4) is 0 Å². The van der Waals surface area contributed by atoms with Gasteiger partial charge in [-0.25, -0.2) is 9.50 Å². The van der Waals surface area contributed by atoms with E-state index >= 15 is 0 Å². The number of carbonyl (C=O) groups excluding carboxylic acids is 1. The number of carbonyl (C=O) groups is 1. The molecule has 10 heteroatoms. The lowest BCUT2D eigenvalue weighted by Crippen LogP contribution is -2.16. The number of aromatic nitrogens is 5. The molecular formula is C22H24ClN7O2. The number of hydrogen-bond acceptors (Lipinski definition) is 6. The van der Waals surface area contributed by atoms with E-state index < -0.39 is 5.91 Å². The molecule has 166 valence electrons. The van der Waals surface area contributed by atoms with Gasteiger partial charge in [-0.2, -0.15) is 5.10 Å². The van der Waals surface area contributed by atoms with Crippen LogP contribution in [0.4, 0.5) is 11.5 Å². The first-order valence-corrected chi connectivity index (χ1v) is 10.4. The lowest BCUT2D eigenvalue weighted by atomic mass is 9.97. The van der Waals surface area contributed by atoms with Crippen molar-refractivity contribution in [1.82, 2.24) is 24.4 Å². The van der Waals surface area contributed by atoms with Gasteiger partial charge in [0, 0.05) is 35.7 Å². The molecule has 1 aromatic carbocycles. The lowest BCUT2D eigenvalue weighted by molar-refractivity contribution is 0.102. The second-order valence-electron chi connectivity index (χ2n) is 8.60. The number of hydrogen-bond donors (Lipinski definition) is 2. The van der Waals surface area contributed by atoms with Gasteiger partial charge in [-0.1, -0.05) is 32.4 Å². The molecule has 0 unspecified atom stereocenters. The van der Waals surface area contributed by atoms with Gasteiger partial charge in [0.05, 0.1) is 12.8 Å². The van der Waals surface area contributed by atoms with E-state index in [2.05, 4.69) is 36.2 Å². The van der Waals surface area contributed by atoms with Crippen molar-refractivity contribution in [2.24, 2.45) is 5.41 Å². The molecule has 3 heterocycles. The van der Waals surface area contributed by atoms with E-state index in [0.29, 0.717) is 39.9 Å². The molecule has 0 aliphatic heterocycles. The van der Waals surface area contributed by atoms with Crippen molar-refractivity contribution in [1.29, 1.82) is 0 Å². The molecule has 4 aromatic rings. The standard InChI is InChI=1S/C22H24ClN7O2/c1-22(2,3)12-29-11-15(18(27-29)14-10-13(23)6-7-16(14)32-4)26-21(31)17-19(24)28-30-9-5-8-25-20(17)30/h5-11H,12H2,1-4H3,(H2,24,28)(H,26,31). The monoisotopic (exact) mass is 453 g/mol. The molecule has 0 atom stereocenters. The number of anilines is 2. The van der Waals surface area contributed by atoms with Crippen LogP contribution < -0.4 is 15.8 Å². The molecule has 0 aliphatic rings. The number of nitrogens with zero attached hydrogens (tertiary/aromatic N) is 5. The van der Waals surface area contributed by atoms with E-state index in [1.165, 1.54) is 4.52 Å². The molecule has 0 saturated carbocycles. The number of rotatable bonds is 5. The number of amides is 1. The van der Waals surface area contributed by atoms with Crippen LogP contribution in [0.25, 0.3) is 16.9 Å². The smallest absolute Gasteiger partial charge is 0.263 e. The molecule has 0 aliphatic carbocycles. The number of ether oxygens (including phenoxy) is 1. The maximum Gasteiger partial charge on any atom is 0.263 e. The first-order chi connectivity index (χ1) is 15.2. The summed E-state index contributed by atoms with van der Waals surface area (Å²) in [6.07, 6.45) is 5.05. The zero-order valence-corrected chi connectivity index (χ0v) is 19.0. The van der Waals surface area contributed by atoms with E-state index in [1.807, 2.05) is 0 Å². The number of nitrogens with one attached hydrogen (secondary N) is 1. The average Bonchev–Trinajstić information content (AvgIpc) is 3.25. The third-order valence-electron chi connectivity index (χ3n) is 4.71. The highest BCUT2D eigenvalue weighted by Crippen LogP contribution is 2.37. The quantitative estimate of drug-likeness (QED) is 0.469. The maximum atomic E-state index is 13.2. The van der Waals surface area contributed by atoms with Crippen LogP contribution in [0.1, 0.15) is 31.1 Å². The fraction of sp³-hybridized carbons (Fsp3) is 0.273. The zero-order chi connectivity index (χ0) is 23.0. The summed E-state index contributed by atoms with van der Waals surface area (Å²) >= 11 is 6.25. The van der Waals surface area contributed by atoms with Crippen LogP contribution in [-0.2, 0) is 6.54 Å². The molecule has 0 radical (unpaired) electrons. The molecular weight excluding hydrogens is 430 g/mol. The van der Waals surface area contributed by atoms with Gasteiger partial charge in [0.15, 0.2) is 11.5 Å². The van der Waals surface area contributed by atoms with Gasteiger partial charge in [0.1, 0.15) is 17.0 Å². The van der Waals surface area contributed by atoms with E-state index in [-0.39, 0.29) is 16.8 Å². The second-order valence-corrected chi connectivity index (χ2v) is 9.03. The Bertz CT molecular complexity index is 1300. The number of halogens is 1. The Morgan fingerprint density at radius 1 is 1.28 bits per heavy atom. The molecule has 32 heavy (non-hydrogen) atoms. The van der Waals surface area contributed by atoms with E-state index in [1.54, 1.807) is 54.6 Å². The Kier molecular flexibility index (Phi) is 5.52. The predicted octanol–water partition coefficient (Wildman–Crippen LogP) is 4.14. The van der Waals surface area contributed by atoms with Gasteiger partial charge in [-0.05, 0) is 29.7 Å². The summed E-state index contributed by atoms with van der Waals surface area (Å²) in [7, 11) is 1.57. The SMILES string of the molecule is COc1ccc(Cl)cc1-c1nn(CC(C)(C)C)cc1NC(=O)c1c(N)nn2cccnc12. The molecule has 4 rings (SSSR count). The van der Waals surface area contributed by atoms with Gasteiger partial charge in [0.2, 0.25) is 0 Å². The van der Waals surface area contributed by atoms with Crippen LogP contribution in [0, 0.1) is 5.41 Å². The summed E-state index contributed by atoms with van der Waals surface area (Å²) in [6.45, 7) is 6.97. The zero-order valence-electron chi connectivity index (χ0n) is 18.3. The van der Waals surface area contributed by atoms with Crippen molar-refractivity contribution in [3.8, 4) is 17.0 Å². The Morgan fingerprint density at radius 3 is 2.78 bits per heavy atom. The normalized spacial score (nSPS) is 11.7. The van der Waals surface area contributed by atoms with E-state index in [4.69, 9.17) is 27.2 Å². The van der Waals surface area contributed by atoms with Gasteiger partial charge in [0.25, 0.3) is 5.91 Å². The minimum atomic E-state index is -0.436. The van der Waals surface area contributed by atoms with Crippen molar-refractivity contribution < 1.29 is 9.53 Å². The van der Waals surface area contributed by atoms with Gasteiger partial charge in [-0.3, -0.25) is 9.48 Å². The van der Waals surface area contributed by atoms with Crippen LogP contribution in [-0.4, -0.2) is 37.4 Å². The second kappa shape index (κ2) is 8.16. The Balaban J connectivity index is 1.80. The first-order valence-electron chi connectivity index (χ1n) is 9.98. The number of fused-ring (bicyclic) bond motifs is 1. The van der Waals surface area contributed by atoms with Gasteiger partial charge in [-0.15, -0.1) is 5.10 Å². The number of nitrogen functional groups attached to an aromatic ring is 1. The minimum Gasteiger partial charge on any atom is -0.496 e. The Hall–Kier alpha value is -3.59. The third kappa shape index (κ3) is 4.24. The molecule has 3 N–H and O–H groups in total. The van der Waals surface area contributed by atoms with Crippen molar-refractivity contribution in [3.05, 3.63) is 53.4 Å². The summed E-state index contributed by atoms with van der Waals surface area (Å²) in [5.41, 5.74) is 8.24. The molecule has 0 spiro atoms. The van der Waals surface area contributed by atoms with Crippen molar-refractivity contribution >= 4 is 34.7 Å². The lowest BCUT2D eigenvalue weighted by Gasteiger charge is -2.17. The number of methoxy groups -OCH3 is 1. The Labute approximate surface area is 190 Å². The average molecular weight is 454 g/mol. The van der Waals surface area contributed by atoms with E-state index in [9.17, 15) is 4.79 Å². The Morgan fingerprint density at radius 2 is 2.06 bits per heavy atom. The molecule has 0 bridgehead atoms. The molecule has 3 aromatic heterocycles. The van der Waals surface area contributed by atoms with Crippen molar-refractivity contribution in [2.45, 2.75) is 27.3 Å². The maximum absolute atomic E-state index is 13.2. The highest BCUT2D eigenvalue weighted by atomic mass is 35.5. The first kappa shape index (κ1) is 21.6. The fourth-order valence-corrected chi connectivity index (χ4v) is 3.62. The predicted molar refractivity (Wildman–Crippen MR) is 124 cm³/mol. The largest absolute Gasteiger partial charge is 0.496 e. The van der Waals surface area contributed by atoms with Crippen LogP contribution in [0.2, 0.25) is 5.02 Å². The van der Waals surface area contributed by atoms with Gasteiger partial charge < -0.3 is 15.8 Å². The molecule has 0 fully saturated rings. The van der Waals surface area contributed by atoms with Crippen LogP contribution in [0.5, 0.6) is 5.75 Å². The highest BCUT2D eigenvalue weighted by molar-refractivity contribution is 6.31. The summed E-state index contributed by atoms with van der Waals surface area (Å²) in [5, 5.41) is 12.3. The minimum absolute atomic E-state index is 0.0280. The van der Waals surface area contributed by atoms with Crippen molar-refractivity contribution in [2.75, 3.05) is 18.2 Å². The third-order valence-corrected chi connectivity index (χ3v) is 4.95. The summed E-state index contributed by atoms with van der Waals surface area (Å²) in [6, 6.07) is 6.96. The summed E-state index contributed by atoms with van der Waals surface area (Å²) < 4.78 is 8.77. The molecule has 9 nitrogen and oxygen atoms in total.